The van der Waals surface area contributed by atoms with Crippen LogP contribution in [-0.4, -0.2) is 17.6 Å². The lowest BCUT2D eigenvalue weighted by Crippen LogP contribution is -2.11. The number of hydrogen-bond donors (Lipinski definition) is 1. The molecular formula is C29H26N2O2. The van der Waals surface area contributed by atoms with E-state index >= 15 is 0 Å². The molecule has 33 heavy (non-hydrogen) atoms. The number of aryl methyl sites for hydroxylation is 2. The van der Waals surface area contributed by atoms with Crippen molar-refractivity contribution in [2.45, 2.75) is 20.4 Å². The first kappa shape index (κ1) is 20.8. The summed E-state index contributed by atoms with van der Waals surface area (Å²) in [5.74, 6) is 0.418. The maximum atomic E-state index is 12.3. The third-order valence-electron chi connectivity index (χ3n) is 6.54. The normalized spacial score (nSPS) is 11.2. The van der Waals surface area contributed by atoms with Crippen molar-refractivity contribution < 1.29 is 9.53 Å². The van der Waals surface area contributed by atoms with Gasteiger partial charge in [0.1, 0.15) is 5.75 Å². The molecule has 1 heterocycles. The van der Waals surface area contributed by atoms with Crippen LogP contribution in [0.3, 0.4) is 0 Å². The Morgan fingerprint density at radius 1 is 0.848 bits per heavy atom. The summed E-state index contributed by atoms with van der Waals surface area (Å²) in [7, 11) is 1.67. The Balaban J connectivity index is 1.79. The van der Waals surface area contributed by atoms with Gasteiger partial charge in [-0.05, 0) is 72.0 Å². The molecule has 0 aliphatic rings. The fourth-order valence-electron chi connectivity index (χ4n) is 4.74. The van der Waals surface area contributed by atoms with Crippen molar-refractivity contribution in [2.24, 2.45) is 5.73 Å². The first-order valence-corrected chi connectivity index (χ1v) is 11.0. The molecule has 0 unspecified atom stereocenters. The smallest absolute Gasteiger partial charge is 0.249 e. The van der Waals surface area contributed by atoms with Crippen LogP contribution in [0.1, 0.15) is 27.0 Å². The molecule has 5 aromatic rings. The molecule has 0 saturated heterocycles. The summed E-state index contributed by atoms with van der Waals surface area (Å²) in [5, 5.41) is 1.94. The molecule has 5 rings (SSSR count). The lowest BCUT2D eigenvalue weighted by Gasteiger charge is -2.14. The number of nitrogens with zero attached hydrogens (tertiary/aromatic N) is 1. The predicted molar refractivity (Wildman–Crippen MR) is 135 cm³/mol. The standard InChI is InChI=1S/C29H26N2O2/c1-18-6-4-7-19(2)25(18)17-31-26-9-5-8-24(29(30)32)28(26)23-15-12-21(16-27(23)31)20-10-13-22(33-3)14-11-20/h4-16H,17H2,1-3H3,(H2,30,32). The van der Waals surface area contributed by atoms with Crippen LogP contribution in [0.15, 0.2) is 78.9 Å². The predicted octanol–water partition coefficient (Wildman–Crippen LogP) is 6.23. The quantitative estimate of drug-likeness (QED) is 0.356. The topological polar surface area (TPSA) is 57.2 Å². The van der Waals surface area contributed by atoms with Crippen molar-refractivity contribution in [1.82, 2.24) is 4.57 Å². The Bertz CT molecular complexity index is 1490. The van der Waals surface area contributed by atoms with Crippen LogP contribution in [0, 0.1) is 13.8 Å². The molecule has 1 amide bonds. The van der Waals surface area contributed by atoms with Crippen molar-refractivity contribution in [3.8, 4) is 16.9 Å². The van der Waals surface area contributed by atoms with Crippen molar-refractivity contribution >= 4 is 27.7 Å². The zero-order valence-electron chi connectivity index (χ0n) is 19.1. The molecule has 0 atom stereocenters. The number of fused-ring (bicyclic) bond motifs is 3. The van der Waals surface area contributed by atoms with E-state index in [9.17, 15) is 4.79 Å². The summed E-state index contributed by atoms with van der Waals surface area (Å²) in [6, 6.07) is 26.6. The van der Waals surface area contributed by atoms with E-state index in [0.717, 1.165) is 38.7 Å². The molecule has 4 nitrogen and oxygen atoms in total. The van der Waals surface area contributed by atoms with Crippen LogP contribution in [0.2, 0.25) is 0 Å². The minimum atomic E-state index is -0.411. The molecule has 0 aliphatic heterocycles. The molecule has 1 aromatic heterocycles. The number of carbonyl (C=O) groups excluding carboxylic acids is 1. The van der Waals surface area contributed by atoms with E-state index in [1.165, 1.54) is 16.7 Å². The van der Waals surface area contributed by atoms with Crippen LogP contribution in [-0.2, 0) is 6.54 Å². The number of carbonyl (C=O) groups is 1. The first-order valence-electron chi connectivity index (χ1n) is 11.0. The summed E-state index contributed by atoms with van der Waals surface area (Å²) in [6.45, 7) is 5.01. The number of nitrogens with two attached hydrogens (primary N) is 1. The van der Waals surface area contributed by atoms with Crippen molar-refractivity contribution in [3.05, 3.63) is 101 Å². The van der Waals surface area contributed by atoms with E-state index in [1.54, 1.807) is 7.11 Å². The van der Waals surface area contributed by atoms with Gasteiger partial charge >= 0.3 is 0 Å². The molecule has 4 aromatic carbocycles. The third kappa shape index (κ3) is 3.54. The Labute approximate surface area is 193 Å². The van der Waals surface area contributed by atoms with Gasteiger partial charge in [0, 0.05) is 22.9 Å². The van der Waals surface area contributed by atoms with Gasteiger partial charge in [0.25, 0.3) is 0 Å². The summed E-state index contributed by atoms with van der Waals surface area (Å²) in [4.78, 5) is 12.3. The summed E-state index contributed by atoms with van der Waals surface area (Å²) in [6.07, 6.45) is 0. The number of rotatable bonds is 5. The molecule has 0 saturated carbocycles. The summed E-state index contributed by atoms with van der Waals surface area (Å²) < 4.78 is 7.62. The molecule has 0 radical (unpaired) electrons. The van der Waals surface area contributed by atoms with Crippen molar-refractivity contribution in [3.63, 3.8) is 0 Å². The zero-order valence-corrected chi connectivity index (χ0v) is 19.1. The van der Waals surface area contributed by atoms with E-state index in [1.807, 2.05) is 24.3 Å². The van der Waals surface area contributed by atoms with Gasteiger partial charge in [-0.15, -0.1) is 0 Å². The van der Waals surface area contributed by atoms with Crippen LogP contribution < -0.4 is 10.5 Å². The first-order chi connectivity index (χ1) is 16.0. The minimum absolute atomic E-state index is 0.411. The average molecular weight is 435 g/mol. The van der Waals surface area contributed by atoms with Crippen LogP contribution in [0.25, 0.3) is 32.9 Å². The van der Waals surface area contributed by atoms with Crippen LogP contribution >= 0.6 is 0 Å². The maximum absolute atomic E-state index is 12.3. The molecule has 0 fully saturated rings. The molecule has 164 valence electrons. The highest BCUT2D eigenvalue weighted by Crippen LogP contribution is 2.35. The van der Waals surface area contributed by atoms with Crippen molar-refractivity contribution in [2.75, 3.05) is 7.11 Å². The number of benzene rings is 4. The second kappa shape index (κ2) is 8.14. The van der Waals surface area contributed by atoms with E-state index in [0.29, 0.717) is 12.1 Å². The second-order valence-corrected chi connectivity index (χ2v) is 8.48. The van der Waals surface area contributed by atoms with Gasteiger partial charge in [0.05, 0.1) is 18.1 Å². The number of amides is 1. The highest BCUT2D eigenvalue weighted by Gasteiger charge is 2.18. The summed E-state index contributed by atoms with van der Waals surface area (Å²) in [5.41, 5.74) is 14.4. The van der Waals surface area contributed by atoms with Gasteiger partial charge in [0.2, 0.25) is 5.91 Å². The highest BCUT2D eigenvalue weighted by atomic mass is 16.5. The molecule has 0 bridgehead atoms. The molecule has 4 heteroatoms. The van der Waals surface area contributed by atoms with Crippen LogP contribution in [0.4, 0.5) is 0 Å². The second-order valence-electron chi connectivity index (χ2n) is 8.48. The zero-order chi connectivity index (χ0) is 23.1. The average Bonchev–Trinajstić information content (AvgIpc) is 3.14. The van der Waals surface area contributed by atoms with Crippen molar-refractivity contribution in [1.29, 1.82) is 0 Å². The molecule has 0 aliphatic carbocycles. The third-order valence-corrected chi connectivity index (χ3v) is 6.54. The number of methoxy groups -OCH3 is 1. The lowest BCUT2D eigenvalue weighted by atomic mass is 10.0. The highest BCUT2D eigenvalue weighted by molar-refractivity contribution is 6.18. The number of aromatic nitrogens is 1. The monoisotopic (exact) mass is 434 g/mol. The number of hydrogen-bond acceptors (Lipinski definition) is 2. The summed E-state index contributed by atoms with van der Waals surface area (Å²) >= 11 is 0. The SMILES string of the molecule is COc1ccc(-c2ccc3c4c(C(N)=O)cccc4n(Cc4c(C)cccc4C)c3c2)cc1. The Morgan fingerprint density at radius 3 is 2.18 bits per heavy atom. The van der Waals surface area contributed by atoms with E-state index in [2.05, 4.69) is 73.0 Å². The molecular weight excluding hydrogens is 408 g/mol. The van der Waals surface area contributed by atoms with E-state index in [-0.39, 0.29) is 0 Å². The van der Waals surface area contributed by atoms with Gasteiger partial charge in [0.15, 0.2) is 0 Å². The van der Waals surface area contributed by atoms with Crippen LogP contribution in [0.5, 0.6) is 5.75 Å². The van der Waals surface area contributed by atoms with E-state index in [4.69, 9.17) is 10.5 Å². The minimum Gasteiger partial charge on any atom is -0.497 e. The number of primary amides is 1. The fraction of sp³-hybridized carbons (Fsp3) is 0.138. The largest absolute Gasteiger partial charge is 0.497 e. The fourth-order valence-corrected chi connectivity index (χ4v) is 4.74. The van der Waals surface area contributed by atoms with Gasteiger partial charge in [-0.25, -0.2) is 0 Å². The van der Waals surface area contributed by atoms with Gasteiger partial charge in [-0.3, -0.25) is 4.79 Å². The molecule has 2 N–H and O–H groups in total. The number of ether oxygens (including phenoxy) is 1. The van der Waals surface area contributed by atoms with Gasteiger partial charge in [-0.1, -0.05) is 48.5 Å². The molecule has 0 spiro atoms. The van der Waals surface area contributed by atoms with Gasteiger partial charge in [-0.2, -0.15) is 0 Å². The van der Waals surface area contributed by atoms with Gasteiger partial charge < -0.3 is 15.0 Å². The maximum Gasteiger partial charge on any atom is 0.249 e. The van der Waals surface area contributed by atoms with E-state index < -0.39 is 5.91 Å². The Morgan fingerprint density at radius 2 is 1.52 bits per heavy atom. The lowest BCUT2D eigenvalue weighted by molar-refractivity contribution is 0.100. The Hall–Kier alpha value is -4.05. The Kier molecular flexibility index (Phi) is 5.14.